The molecule has 0 spiro atoms. The number of carbonyl (C=O) groups is 1. The van der Waals surface area contributed by atoms with Gasteiger partial charge in [0.15, 0.2) is 5.69 Å². The third-order valence-corrected chi connectivity index (χ3v) is 6.96. The minimum absolute atomic E-state index is 0.0522. The van der Waals surface area contributed by atoms with Crippen LogP contribution in [0.25, 0.3) is 10.9 Å². The van der Waals surface area contributed by atoms with E-state index in [9.17, 15) is 18.0 Å². The van der Waals surface area contributed by atoms with Crippen molar-refractivity contribution in [2.24, 2.45) is 7.05 Å². The van der Waals surface area contributed by atoms with Crippen molar-refractivity contribution in [3.05, 3.63) is 53.0 Å². The predicted molar refractivity (Wildman–Crippen MR) is 124 cm³/mol. The molecule has 6 nitrogen and oxygen atoms in total. The highest BCUT2D eigenvalue weighted by atomic mass is 19.4. The minimum atomic E-state index is -4.52. The molecular formula is C25H28F3N5O. The van der Waals surface area contributed by atoms with Gasteiger partial charge in [-0.05, 0) is 63.5 Å². The van der Waals surface area contributed by atoms with Gasteiger partial charge in [-0.15, -0.1) is 0 Å². The third kappa shape index (κ3) is 4.48. The molecule has 0 unspecified atom stereocenters. The second-order valence-corrected chi connectivity index (χ2v) is 9.35. The van der Waals surface area contributed by atoms with Crippen molar-refractivity contribution in [1.82, 2.24) is 20.1 Å². The fourth-order valence-electron chi connectivity index (χ4n) is 5.32. The maximum absolute atomic E-state index is 13.4. The van der Waals surface area contributed by atoms with Gasteiger partial charge in [-0.3, -0.25) is 9.48 Å². The van der Waals surface area contributed by atoms with Crippen molar-refractivity contribution in [3.8, 4) is 0 Å². The summed E-state index contributed by atoms with van der Waals surface area (Å²) in [5.74, 6) is -0.155. The number of alkyl halides is 3. The average Bonchev–Trinajstić information content (AvgIpc) is 3.15. The molecule has 0 bridgehead atoms. The van der Waals surface area contributed by atoms with Crippen LogP contribution in [0.2, 0.25) is 0 Å². The van der Waals surface area contributed by atoms with Gasteiger partial charge in [-0.25, -0.2) is 4.98 Å². The number of aromatic nitrogens is 3. The summed E-state index contributed by atoms with van der Waals surface area (Å²) < 4.78 is 42.1. The second-order valence-electron chi connectivity index (χ2n) is 9.35. The van der Waals surface area contributed by atoms with E-state index in [1.54, 1.807) is 24.3 Å². The molecule has 2 atom stereocenters. The summed E-state index contributed by atoms with van der Waals surface area (Å²) in [4.78, 5) is 16.8. The Labute approximate surface area is 195 Å². The predicted octanol–water partition coefficient (Wildman–Crippen LogP) is 5.02. The first-order valence-electron chi connectivity index (χ1n) is 11.9. The van der Waals surface area contributed by atoms with Gasteiger partial charge >= 0.3 is 6.18 Å². The maximum atomic E-state index is 13.4. The number of aryl methyl sites for hydroxylation is 1. The number of hydrogen-bond donors (Lipinski definition) is 2. The standard InChI is InChI=1S/C25H28F3N5O/c1-33-21-12-5-3-10-18(21)23(32-33)24(34)30-16-8-6-7-15(13-16)29-20-14-22(25(26,27)28)31-19-11-4-2-9-17(19)20/h2,4,9,11,14-16H,3,5-8,10,12-13H2,1H3,(H,29,31)(H,30,34)/t15-,16+/m0/s1. The molecule has 2 aliphatic rings. The Bertz CT molecular complexity index is 1220. The highest BCUT2D eigenvalue weighted by molar-refractivity contribution is 5.94. The highest BCUT2D eigenvalue weighted by Gasteiger charge is 2.34. The van der Waals surface area contributed by atoms with Gasteiger partial charge in [0.2, 0.25) is 0 Å². The monoisotopic (exact) mass is 471 g/mol. The lowest BCUT2D eigenvalue weighted by Crippen LogP contribution is -2.42. The Kier molecular flexibility index (Phi) is 5.95. The van der Waals surface area contributed by atoms with E-state index in [1.165, 1.54) is 0 Å². The van der Waals surface area contributed by atoms with E-state index >= 15 is 0 Å². The summed E-state index contributed by atoms with van der Waals surface area (Å²) in [5.41, 5.74) is 2.54. The number of hydrogen-bond acceptors (Lipinski definition) is 4. The lowest BCUT2D eigenvalue weighted by Gasteiger charge is -2.31. The number of benzene rings is 1. The molecule has 9 heteroatoms. The largest absolute Gasteiger partial charge is 0.433 e. The van der Waals surface area contributed by atoms with Gasteiger partial charge in [0.05, 0.1) is 5.52 Å². The number of para-hydroxylation sites is 1. The Morgan fingerprint density at radius 1 is 1.09 bits per heavy atom. The van der Waals surface area contributed by atoms with Gasteiger partial charge in [0, 0.05) is 41.5 Å². The first-order chi connectivity index (χ1) is 16.3. The summed E-state index contributed by atoms with van der Waals surface area (Å²) in [7, 11) is 1.88. The van der Waals surface area contributed by atoms with Crippen molar-refractivity contribution in [3.63, 3.8) is 0 Å². The summed E-state index contributed by atoms with van der Waals surface area (Å²) in [6.45, 7) is 0. The van der Waals surface area contributed by atoms with E-state index in [2.05, 4.69) is 20.7 Å². The Hall–Kier alpha value is -3.10. The summed E-state index contributed by atoms with van der Waals surface area (Å²) in [6, 6.07) is 7.82. The molecule has 2 N–H and O–H groups in total. The first-order valence-corrected chi connectivity index (χ1v) is 11.9. The molecule has 0 saturated heterocycles. The van der Waals surface area contributed by atoms with Crippen molar-refractivity contribution in [2.45, 2.75) is 69.6 Å². The molecule has 180 valence electrons. The number of nitrogens with one attached hydrogen (secondary N) is 2. The molecule has 2 heterocycles. The zero-order valence-corrected chi connectivity index (χ0v) is 19.1. The van der Waals surface area contributed by atoms with Crippen LogP contribution in [0.3, 0.4) is 0 Å². The van der Waals surface area contributed by atoms with E-state index in [0.29, 0.717) is 28.7 Å². The van der Waals surface area contributed by atoms with E-state index in [1.807, 2.05) is 11.7 Å². The first kappa shape index (κ1) is 22.7. The van der Waals surface area contributed by atoms with Gasteiger partial charge in [-0.2, -0.15) is 18.3 Å². The molecule has 1 fully saturated rings. The summed E-state index contributed by atoms with van der Waals surface area (Å²) >= 11 is 0. The Morgan fingerprint density at radius 3 is 2.68 bits per heavy atom. The van der Waals surface area contributed by atoms with Crippen LogP contribution in [0.4, 0.5) is 18.9 Å². The lowest BCUT2D eigenvalue weighted by atomic mass is 9.90. The summed E-state index contributed by atoms with van der Waals surface area (Å²) in [5, 5.41) is 11.6. The number of pyridine rings is 1. The smallest absolute Gasteiger partial charge is 0.382 e. The number of fused-ring (bicyclic) bond motifs is 2. The zero-order chi connectivity index (χ0) is 23.9. The molecule has 2 aromatic heterocycles. The van der Waals surface area contributed by atoms with Crippen molar-refractivity contribution in [2.75, 3.05) is 5.32 Å². The van der Waals surface area contributed by atoms with Gasteiger partial charge in [-0.1, -0.05) is 18.2 Å². The molecule has 0 radical (unpaired) electrons. The topological polar surface area (TPSA) is 71.8 Å². The van der Waals surface area contributed by atoms with Gasteiger partial charge in [0.25, 0.3) is 5.91 Å². The molecule has 5 rings (SSSR count). The average molecular weight is 472 g/mol. The summed E-state index contributed by atoms with van der Waals surface area (Å²) in [6.07, 6.45) is 2.64. The quantitative estimate of drug-likeness (QED) is 0.561. The number of carbonyl (C=O) groups excluding carboxylic acids is 1. The fourth-order valence-corrected chi connectivity index (χ4v) is 5.32. The molecule has 1 amide bonds. The van der Waals surface area contributed by atoms with Crippen LogP contribution in [-0.4, -0.2) is 32.8 Å². The molecule has 1 saturated carbocycles. The number of nitrogens with zero attached hydrogens (tertiary/aromatic N) is 3. The fraction of sp³-hybridized carbons (Fsp3) is 0.480. The van der Waals surface area contributed by atoms with E-state index < -0.39 is 11.9 Å². The number of anilines is 1. The molecule has 1 aromatic carbocycles. The molecule has 0 aliphatic heterocycles. The third-order valence-electron chi connectivity index (χ3n) is 6.96. The van der Waals surface area contributed by atoms with Gasteiger partial charge in [0.1, 0.15) is 5.69 Å². The number of rotatable bonds is 4. The maximum Gasteiger partial charge on any atom is 0.433 e. The highest BCUT2D eigenvalue weighted by Crippen LogP contribution is 2.34. The number of halogens is 3. The van der Waals surface area contributed by atoms with Crippen LogP contribution < -0.4 is 10.6 Å². The van der Waals surface area contributed by atoms with Crippen LogP contribution in [0.1, 0.15) is 66.0 Å². The zero-order valence-electron chi connectivity index (χ0n) is 19.1. The van der Waals surface area contributed by atoms with Crippen molar-refractivity contribution >= 4 is 22.5 Å². The SMILES string of the molecule is Cn1nc(C(=O)N[C@@H]2CCC[C@H](Nc3cc(C(F)(F)F)nc4ccccc34)C2)c2c1CCCC2. The van der Waals surface area contributed by atoms with Crippen molar-refractivity contribution in [1.29, 1.82) is 0 Å². The molecule has 2 aliphatic carbocycles. The minimum Gasteiger partial charge on any atom is -0.382 e. The molecule has 34 heavy (non-hydrogen) atoms. The van der Waals surface area contributed by atoms with Crippen LogP contribution in [0, 0.1) is 0 Å². The van der Waals surface area contributed by atoms with E-state index in [0.717, 1.165) is 62.3 Å². The second kappa shape index (κ2) is 8.92. The van der Waals surface area contributed by atoms with Crippen molar-refractivity contribution < 1.29 is 18.0 Å². The number of amides is 1. The molecular weight excluding hydrogens is 443 g/mol. The molecule has 3 aromatic rings. The Balaban J connectivity index is 1.32. The van der Waals surface area contributed by atoms with Crippen LogP contribution >= 0.6 is 0 Å². The van der Waals surface area contributed by atoms with Crippen LogP contribution in [-0.2, 0) is 26.1 Å². The van der Waals surface area contributed by atoms with E-state index in [4.69, 9.17) is 0 Å². The van der Waals surface area contributed by atoms with Crippen LogP contribution in [0.5, 0.6) is 0 Å². The lowest BCUT2D eigenvalue weighted by molar-refractivity contribution is -0.140. The van der Waals surface area contributed by atoms with E-state index in [-0.39, 0.29) is 18.0 Å². The Morgan fingerprint density at radius 2 is 1.85 bits per heavy atom. The normalized spacial score (nSPS) is 20.7. The van der Waals surface area contributed by atoms with Gasteiger partial charge < -0.3 is 10.6 Å². The van der Waals surface area contributed by atoms with Crippen LogP contribution in [0.15, 0.2) is 30.3 Å².